The number of rotatable bonds is 6. The highest BCUT2D eigenvalue weighted by atomic mass is 32.2. The molecule has 1 aliphatic rings. The average Bonchev–Trinajstić information content (AvgIpc) is 3.30. The molecule has 1 fully saturated rings. The first kappa shape index (κ1) is 19.3. The van der Waals surface area contributed by atoms with Crippen molar-refractivity contribution in [1.29, 1.82) is 0 Å². The maximum Gasteiger partial charge on any atom is 0.262 e. The summed E-state index contributed by atoms with van der Waals surface area (Å²) in [4.78, 5) is 14.3. The lowest BCUT2D eigenvalue weighted by atomic mass is 10.1. The lowest BCUT2D eigenvalue weighted by Gasteiger charge is -2.22. The summed E-state index contributed by atoms with van der Waals surface area (Å²) in [6.07, 6.45) is 1.73. The molecule has 0 atom stereocenters. The number of carbonyl (C=O) groups is 1. The highest BCUT2D eigenvalue weighted by Crippen LogP contribution is 2.33. The zero-order valence-corrected chi connectivity index (χ0v) is 16.0. The predicted octanol–water partition coefficient (Wildman–Crippen LogP) is 2.50. The minimum Gasteiger partial charge on any atom is -0.340 e. The van der Waals surface area contributed by atoms with E-state index in [0.717, 1.165) is 25.0 Å². The van der Waals surface area contributed by atoms with E-state index in [2.05, 4.69) is 4.72 Å². The molecule has 2 aromatic carbocycles. The Morgan fingerprint density at radius 1 is 1.26 bits per heavy atom. The second-order valence-electron chi connectivity index (χ2n) is 7.08. The molecule has 0 aliphatic heterocycles. The van der Waals surface area contributed by atoms with Gasteiger partial charge in [0.05, 0.1) is 16.1 Å². The smallest absolute Gasteiger partial charge is 0.262 e. The normalized spacial score (nSPS) is 15.3. The number of likely N-dealkylation sites (N-methyl/N-ethyl adjacent to an activating group) is 1. The van der Waals surface area contributed by atoms with Gasteiger partial charge in [-0.15, -0.1) is 0 Å². The molecule has 0 bridgehead atoms. The Bertz CT molecular complexity index is 987. The summed E-state index contributed by atoms with van der Waals surface area (Å²) in [5.41, 5.74) is 6.40. The van der Waals surface area contributed by atoms with Crippen LogP contribution in [0.25, 0.3) is 0 Å². The van der Waals surface area contributed by atoms with Gasteiger partial charge in [-0.25, -0.2) is 12.8 Å². The summed E-state index contributed by atoms with van der Waals surface area (Å²) >= 11 is 0. The van der Waals surface area contributed by atoms with Gasteiger partial charge >= 0.3 is 0 Å². The van der Waals surface area contributed by atoms with Crippen molar-refractivity contribution >= 4 is 21.6 Å². The highest BCUT2D eigenvalue weighted by Gasteiger charge is 2.40. The average molecular weight is 391 g/mol. The van der Waals surface area contributed by atoms with Gasteiger partial charge < -0.3 is 10.6 Å². The number of aryl methyl sites for hydroxylation is 1. The van der Waals surface area contributed by atoms with E-state index in [1.807, 2.05) is 0 Å². The number of nitrogens with two attached hydrogens (primary N) is 1. The Kier molecular flexibility index (Phi) is 4.96. The van der Waals surface area contributed by atoms with Crippen molar-refractivity contribution in [3.05, 3.63) is 59.4 Å². The van der Waals surface area contributed by atoms with Gasteiger partial charge in [-0.05, 0) is 55.7 Å². The van der Waals surface area contributed by atoms with E-state index in [9.17, 15) is 17.6 Å². The molecule has 1 saturated carbocycles. The molecule has 3 rings (SSSR count). The van der Waals surface area contributed by atoms with E-state index >= 15 is 0 Å². The minimum absolute atomic E-state index is 0.0431. The summed E-state index contributed by atoms with van der Waals surface area (Å²) < 4.78 is 41.2. The molecular formula is C19H22FN3O3S. The molecule has 1 amide bonds. The molecule has 0 aromatic heterocycles. The fourth-order valence-electron chi connectivity index (χ4n) is 2.94. The molecule has 0 unspecified atom stereocenters. The van der Waals surface area contributed by atoms with Crippen LogP contribution in [0, 0.1) is 12.7 Å². The molecule has 27 heavy (non-hydrogen) atoms. The predicted molar refractivity (Wildman–Crippen MR) is 102 cm³/mol. The zero-order valence-electron chi connectivity index (χ0n) is 15.2. The summed E-state index contributed by atoms with van der Waals surface area (Å²) in [5.74, 6) is -0.833. The van der Waals surface area contributed by atoms with Crippen molar-refractivity contribution < 1.29 is 17.6 Å². The molecule has 2 aromatic rings. The fraction of sp³-hybridized carbons (Fsp3) is 0.316. The third-order valence-corrected chi connectivity index (χ3v) is 6.15. The summed E-state index contributed by atoms with van der Waals surface area (Å²) in [7, 11) is -2.33. The van der Waals surface area contributed by atoms with Gasteiger partial charge in [0.25, 0.3) is 15.9 Å². The maximum atomic E-state index is 13.3. The number of amides is 1. The van der Waals surface area contributed by atoms with Gasteiger partial charge in [-0.2, -0.15) is 0 Å². The number of benzene rings is 2. The van der Waals surface area contributed by atoms with Gasteiger partial charge in [0.2, 0.25) is 0 Å². The van der Waals surface area contributed by atoms with Crippen LogP contribution >= 0.6 is 0 Å². The number of nitrogens with one attached hydrogen (secondary N) is 1. The molecule has 6 nitrogen and oxygen atoms in total. The number of carbonyl (C=O) groups excluding carboxylic acids is 1. The molecule has 8 heteroatoms. The number of anilines is 1. The number of halogens is 1. The number of hydrogen-bond acceptors (Lipinski definition) is 4. The van der Waals surface area contributed by atoms with Crippen LogP contribution in [0.15, 0.2) is 47.4 Å². The molecular weight excluding hydrogens is 369 g/mol. The largest absolute Gasteiger partial charge is 0.340 e. The fourth-order valence-corrected chi connectivity index (χ4v) is 4.25. The third kappa shape index (κ3) is 4.28. The van der Waals surface area contributed by atoms with Crippen LogP contribution in [0.3, 0.4) is 0 Å². The van der Waals surface area contributed by atoms with Gasteiger partial charge in [0.15, 0.2) is 0 Å². The number of sulfonamides is 1. The number of para-hydroxylation sites is 1. The maximum absolute atomic E-state index is 13.3. The van der Waals surface area contributed by atoms with Crippen LogP contribution in [0.5, 0.6) is 0 Å². The van der Waals surface area contributed by atoms with E-state index in [0.29, 0.717) is 6.54 Å². The monoisotopic (exact) mass is 391 g/mol. The number of nitrogens with zero attached hydrogens (tertiary/aromatic N) is 1. The van der Waals surface area contributed by atoms with Crippen molar-refractivity contribution in [1.82, 2.24) is 4.90 Å². The van der Waals surface area contributed by atoms with Crippen molar-refractivity contribution in [2.45, 2.75) is 30.2 Å². The van der Waals surface area contributed by atoms with E-state index in [1.54, 1.807) is 25.2 Å². The highest BCUT2D eigenvalue weighted by molar-refractivity contribution is 7.92. The Morgan fingerprint density at radius 3 is 2.56 bits per heavy atom. The topological polar surface area (TPSA) is 92.5 Å². The standard InChI is InChI=1S/C19H22FN3O3S/c1-13-11-14(20)7-8-17(13)27(25,26)22-16-6-4-3-5-15(16)18(24)23(2)12-19(21)9-10-19/h3-8,11,22H,9-10,12,21H2,1-2H3. The van der Waals surface area contributed by atoms with Crippen molar-refractivity contribution in [2.24, 2.45) is 5.73 Å². The Balaban J connectivity index is 1.88. The molecule has 0 saturated heterocycles. The molecule has 1 aliphatic carbocycles. The Labute approximate surface area is 158 Å². The van der Waals surface area contributed by atoms with E-state index < -0.39 is 15.8 Å². The van der Waals surface area contributed by atoms with Crippen LogP contribution in [0.2, 0.25) is 0 Å². The first-order chi connectivity index (χ1) is 12.6. The van der Waals surface area contributed by atoms with Crippen molar-refractivity contribution in [3.8, 4) is 0 Å². The van der Waals surface area contributed by atoms with E-state index in [4.69, 9.17) is 5.73 Å². The molecule has 0 spiro atoms. The minimum atomic E-state index is -3.98. The van der Waals surface area contributed by atoms with E-state index in [1.165, 1.54) is 24.0 Å². The number of hydrogen-bond donors (Lipinski definition) is 2. The van der Waals surface area contributed by atoms with Gasteiger partial charge in [-0.3, -0.25) is 9.52 Å². The molecule has 0 radical (unpaired) electrons. The summed E-state index contributed by atoms with van der Waals surface area (Å²) in [6.45, 7) is 1.92. The Morgan fingerprint density at radius 2 is 1.93 bits per heavy atom. The second kappa shape index (κ2) is 6.94. The van der Waals surface area contributed by atoms with Crippen molar-refractivity contribution in [2.75, 3.05) is 18.3 Å². The van der Waals surface area contributed by atoms with Crippen LogP contribution < -0.4 is 10.5 Å². The van der Waals surface area contributed by atoms with Crippen molar-refractivity contribution in [3.63, 3.8) is 0 Å². The molecule has 0 heterocycles. The summed E-state index contributed by atoms with van der Waals surface area (Å²) in [6, 6.07) is 9.82. The lowest BCUT2D eigenvalue weighted by Crippen LogP contribution is -2.40. The van der Waals surface area contributed by atoms with E-state index in [-0.39, 0.29) is 33.2 Å². The zero-order chi connectivity index (χ0) is 19.8. The molecule has 144 valence electrons. The second-order valence-corrected chi connectivity index (χ2v) is 8.74. The van der Waals surface area contributed by atoms with Crippen LogP contribution in [0.4, 0.5) is 10.1 Å². The third-order valence-electron chi connectivity index (χ3n) is 4.62. The Hall–Kier alpha value is -2.45. The van der Waals surface area contributed by atoms with Crippen LogP contribution in [-0.2, 0) is 10.0 Å². The summed E-state index contributed by atoms with van der Waals surface area (Å²) in [5, 5.41) is 0. The first-order valence-corrected chi connectivity index (χ1v) is 10.0. The lowest BCUT2D eigenvalue weighted by molar-refractivity contribution is 0.0783. The van der Waals surface area contributed by atoms with Gasteiger partial charge in [0, 0.05) is 19.1 Å². The SMILES string of the molecule is Cc1cc(F)ccc1S(=O)(=O)Nc1ccccc1C(=O)N(C)CC1(N)CC1. The van der Waals surface area contributed by atoms with Crippen LogP contribution in [0.1, 0.15) is 28.8 Å². The van der Waals surface area contributed by atoms with Gasteiger partial charge in [-0.1, -0.05) is 12.1 Å². The first-order valence-electron chi connectivity index (χ1n) is 8.54. The molecule has 3 N–H and O–H groups in total. The van der Waals surface area contributed by atoms with Gasteiger partial charge in [0.1, 0.15) is 5.82 Å². The van der Waals surface area contributed by atoms with Crippen LogP contribution in [-0.4, -0.2) is 38.4 Å². The quantitative estimate of drug-likeness (QED) is 0.791.